The number of carbonyl (C=O) groups excluding carboxylic acids is 2. The molecule has 1 heterocycles. The normalized spacial score (nSPS) is 11.6. The number of oxazole rings is 1. The summed E-state index contributed by atoms with van der Waals surface area (Å²) in [6, 6.07) is 7.14. The smallest absolute Gasteiger partial charge is 0.548 e. The molecule has 3 aromatic rings. The molecule has 0 radical (unpaired) electrons. The Morgan fingerprint density at radius 1 is 1.28 bits per heavy atom. The van der Waals surface area contributed by atoms with Crippen molar-refractivity contribution < 1.29 is 80.0 Å². The van der Waals surface area contributed by atoms with Gasteiger partial charge in [-0.1, -0.05) is 6.07 Å². The van der Waals surface area contributed by atoms with Crippen LogP contribution in [0.1, 0.15) is 12.0 Å². The molecule has 0 saturated carbocycles. The average molecular weight is 425 g/mol. The molecule has 146 valence electrons. The molecule has 8 nitrogen and oxygen atoms in total. The van der Waals surface area contributed by atoms with E-state index >= 15 is 0 Å². The van der Waals surface area contributed by atoms with E-state index in [9.17, 15) is 19.1 Å². The van der Waals surface area contributed by atoms with E-state index in [4.69, 9.17) is 9.52 Å². The van der Waals surface area contributed by atoms with Crippen LogP contribution in [0.4, 0.5) is 14.9 Å². The number of carboxylic acids is 1. The van der Waals surface area contributed by atoms with E-state index in [1.54, 1.807) is 6.07 Å². The van der Waals surface area contributed by atoms with Crippen molar-refractivity contribution in [2.24, 2.45) is 0 Å². The number of aliphatic hydroxyl groups is 1. The van der Waals surface area contributed by atoms with E-state index in [1.807, 2.05) is 19.1 Å². The molecule has 29 heavy (non-hydrogen) atoms. The zero-order chi connectivity index (χ0) is 20.3. The topological polar surface area (TPSA) is 128 Å². The number of rotatable bonds is 6. The van der Waals surface area contributed by atoms with Crippen LogP contribution in [0.3, 0.4) is 0 Å². The minimum absolute atomic E-state index is 0. The first-order valence-corrected chi connectivity index (χ1v) is 8.43. The molecule has 0 spiro atoms. The van der Waals surface area contributed by atoms with E-state index in [0.29, 0.717) is 16.7 Å². The fourth-order valence-electron chi connectivity index (χ4n) is 2.61. The Bertz CT molecular complexity index is 1040. The Labute approximate surface area is 207 Å². The number of aromatic nitrogens is 1. The van der Waals surface area contributed by atoms with E-state index < -0.39 is 30.5 Å². The number of nitrogens with zero attached hydrogens (tertiary/aromatic N) is 1. The Kier molecular flexibility index (Phi) is 8.31. The maximum Gasteiger partial charge on any atom is 1.00 e. The van der Waals surface area contributed by atoms with Gasteiger partial charge in [-0.15, -0.1) is 0 Å². The quantitative estimate of drug-likeness (QED) is 0.416. The Morgan fingerprint density at radius 2 is 2.03 bits per heavy atom. The van der Waals surface area contributed by atoms with Crippen molar-refractivity contribution in [3.8, 4) is 11.5 Å². The number of halogens is 1. The van der Waals surface area contributed by atoms with Crippen molar-refractivity contribution in [3.05, 3.63) is 47.8 Å². The SMILES string of the molecule is Cc1ccc2oc(-c3ccc(NC(=O)NC(CCO)C(=O)[O-])c(F)c3)nc2c1.[K+]. The number of amides is 2. The molecule has 1 unspecified atom stereocenters. The molecular formula is C19H17FKN3O5. The summed E-state index contributed by atoms with van der Waals surface area (Å²) < 4.78 is 20.0. The van der Waals surface area contributed by atoms with Gasteiger partial charge in [-0.3, -0.25) is 0 Å². The standard InChI is InChI=1S/C19H18FN3O5.K/c1-10-2-5-16-15(8-10)21-17(28-16)11-3-4-13(12(20)9-11)22-19(27)23-14(6-7-24)18(25)26;/h2-5,8-9,14,24H,6-7H2,1H3,(H,25,26)(H2,22,23,27);/q;+1/p-1. The predicted octanol–water partition coefficient (Wildman–Crippen LogP) is -1.43. The van der Waals surface area contributed by atoms with Crippen molar-refractivity contribution in [2.45, 2.75) is 19.4 Å². The van der Waals surface area contributed by atoms with Gasteiger partial charge in [0.15, 0.2) is 5.58 Å². The van der Waals surface area contributed by atoms with Crippen LogP contribution in [0.5, 0.6) is 0 Å². The summed E-state index contributed by atoms with van der Waals surface area (Å²) in [7, 11) is 0. The van der Waals surface area contributed by atoms with Crippen molar-refractivity contribution >= 4 is 28.8 Å². The van der Waals surface area contributed by atoms with Gasteiger partial charge in [0.2, 0.25) is 5.89 Å². The molecule has 3 rings (SSSR count). The van der Waals surface area contributed by atoms with Crippen LogP contribution in [0.2, 0.25) is 0 Å². The van der Waals surface area contributed by atoms with Gasteiger partial charge in [0.1, 0.15) is 11.3 Å². The van der Waals surface area contributed by atoms with Crippen LogP contribution in [-0.4, -0.2) is 34.7 Å². The number of urea groups is 1. The minimum Gasteiger partial charge on any atom is -0.548 e. The van der Waals surface area contributed by atoms with Crippen LogP contribution in [-0.2, 0) is 4.79 Å². The maximum absolute atomic E-state index is 14.4. The second-order valence-corrected chi connectivity index (χ2v) is 6.17. The Hall–Kier alpha value is -1.82. The van der Waals surface area contributed by atoms with Crippen molar-refractivity contribution in [1.29, 1.82) is 0 Å². The number of hydrogen-bond donors (Lipinski definition) is 3. The molecular weight excluding hydrogens is 408 g/mol. The number of nitrogens with one attached hydrogen (secondary N) is 2. The first-order valence-electron chi connectivity index (χ1n) is 8.43. The second kappa shape index (κ2) is 10.3. The zero-order valence-electron chi connectivity index (χ0n) is 15.9. The Balaban J connectivity index is 0.00000300. The molecule has 0 aliphatic carbocycles. The third kappa shape index (κ3) is 5.84. The molecule has 1 aromatic heterocycles. The summed E-state index contributed by atoms with van der Waals surface area (Å²) >= 11 is 0. The number of fused-ring (bicyclic) bond motifs is 1. The Morgan fingerprint density at radius 3 is 2.69 bits per heavy atom. The van der Waals surface area contributed by atoms with Gasteiger partial charge in [0, 0.05) is 12.2 Å². The minimum atomic E-state index is -1.55. The molecule has 0 aliphatic heterocycles. The number of carbonyl (C=O) groups is 2. The van der Waals surface area contributed by atoms with Crippen LogP contribution in [0.25, 0.3) is 22.6 Å². The summed E-state index contributed by atoms with van der Waals surface area (Å²) in [6.07, 6.45) is -0.228. The van der Waals surface area contributed by atoms with Gasteiger partial charge in [-0.2, -0.15) is 0 Å². The summed E-state index contributed by atoms with van der Waals surface area (Å²) in [5, 5.41) is 24.0. The third-order valence-corrected chi connectivity index (χ3v) is 4.01. The second-order valence-electron chi connectivity index (χ2n) is 6.17. The first-order chi connectivity index (χ1) is 13.4. The van der Waals surface area contributed by atoms with Gasteiger partial charge >= 0.3 is 57.4 Å². The summed E-state index contributed by atoms with van der Waals surface area (Å²) in [4.78, 5) is 27.1. The number of carboxylic acid groups (broad SMARTS) is 1. The molecule has 0 fully saturated rings. The number of aliphatic carboxylic acids is 1. The fraction of sp³-hybridized carbons (Fsp3) is 0.211. The monoisotopic (exact) mass is 425 g/mol. The van der Waals surface area contributed by atoms with Crippen molar-refractivity contribution in [3.63, 3.8) is 0 Å². The molecule has 10 heteroatoms. The molecule has 0 bridgehead atoms. The first kappa shape index (κ1) is 23.5. The third-order valence-electron chi connectivity index (χ3n) is 4.01. The van der Waals surface area contributed by atoms with Crippen LogP contribution < -0.4 is 67.1 Å². The van der Waals surface area contributed by atoms with Crippen LogP contribution in [0.15, 0.2) is 40.8 Å². The average Bonchev–Trinajstić information content (AvgIpc) is 3.06. The van der Waals surface area contributed by atoms with Crippen LogP contribution in [0, 0.1) is 12.7 Å². The van der Waals surface area contributed by atoms with Gasteiger partial charge in [0.25, 0.3) is 0 Å². The summed E-state index contributed by atoms with van der Waals surface area (Å²) in [5.41, 5.74) is 2.45. The molecule has 2 amide bonds. The van der Waals surface area contributed by atoms with Gasteiger partial charge in [0.05, 0.1) is 17.7 Å². The fourth-order valence-corrected chi connectivity index (χ4v) is 2.61. The van der Waals surface area contributed by atoms with E-state index in [-0.39, 0.29) is 69.4 Å². The van der Waals surface area contributed by atoms with Crippen molar-refractivity contribution in [2.75, 3.05) is 11.9 Å². The largest absolute Gasteiger partial charge is 1.00 e. The molecule has 0 saturated heterocycles. The molecule has 1 atom stereocenters. The number of hydrogen-bond acceptors (Lipinski definition) is 6. The zero-order valence-corrected chi connectivity index (χ0v) is 19.0. The number of aryl methyl sites for hydroxylation is 1. The van der Waals surface area contributed by atoms with E-state index in [2.05, 4.69) is 15.6 Å². The number of benzene rings is 2. The predicted molar refractivity (Wildman–Crippen MR) is 96.8 cm³/mol. The molecule has 3 N–H and O–H groups in total. The van der Waals surface area contributed by atoms with E-state index in [1.165, 1.54) is 12.1 Å². The number of anilines is 1. The van der Waals surface area contributed by atoms with Crippen LogP contribution >= 0.6 is 0 Å². The van der Waals surface area contributed by atoms with Gasteiger partial charge < -0.3 is 30.1 Å². The van der Waals surface area contributed by atoms with E-state index in [0.717, 1.165) is 11.6 Å². The summed E-state index contributed by atoms with van der Waals surface area (Å²) in [6.45, 7) is 1.47. The summed E-state index contributed by atoms with van der Waals surface area (Å²) in [5.74, 6) is -2.07. The maximum atomic E-state index is 14.4. The molecule has 0 aliphatic rings. The van der Waals surface area contributed by atoms with Crippen molar-refractivity contribution in [1.82, 2.24) is 10.3 Å². The van der Waals surface area contributed by atoms with Gasteiger partial charge in [-0.05, 0) is 49.2 Å². The molecule has 2 aromatic carbocycles. The van der Waals surface area contributed by atoms with Gasteiger partial charge in [-0.25, -0.2) is 14.2 Å². The number of aliphatic hydroxyl groups excluding tert-OH is 1.